The molecule has 0 aliphatic carbocycles. The van der Waals surface area contributed by atoms with Crippen LogP contribution in [0.4, 0.5) is 0 Å². The quantitative estimate of drug-likeness (QED) is 0.870. The third kappa shape index (κ3) is 1.95. The Hall–Kier alpha value is -1.74. The van der Waals surface area contributed by atoms with Gasteiger partial charge in [-0.15, -0.1) is 0 Å². The number of hydrogen-bond donors (Lipinski definition) is 1. The molecule has 1 aromatic carbocycles. The van der Waals surface area contributed by atoms with Gasteiger partial charge in [0.15, 0.2) is 0 Å². The fourth-order valence-corrected chi connectivity index (χ4v) is 1.69. The zero-order valence-corrected chi connectivity index (χ0v) is 9.41. The number of hydrogen-bond acceptors (Lipinski definition) is 2. The van der Waals surface area contributed by atoms with Crippen molar-refractivity contribution >= 4 is 11.6 Å². The predicted molar refractivity (Wildman–Crippen MR) is 64.1 cm³/mol. The average molecular weight is 236 g/mol. The van der Waals surface area contributed by atoms with Gasteiger partial charge in [-0.3, -0.25) is 4.79 Å². The Labute approximate surface area is 97.7 Å². The van der Waals surface area contributed by atoms with E-state index < -0.39 is 0 Å². The van der Waals surface area contributed by atoms with E-state index in [0.717, 1.165) is 0 Å². The van der Waals surface area contributed by atoms with E-state index in [1.165, 1.54) is 0 Å². The lowest BCUT2D eigenvalue weighted by molar-refractivity contribution is 0.415. The third-order valence-electron chi connectivity index (χ3n) is 2.28. The Balaban J connectivity index is 2.64. The van der Waals surface area contributed by atoms with Crippen LogP contribution in [0.1, 0.15) is 0 Å². The van der Waals surface area contributed by atoms with Crippen LogP contribution in [0.2, 0.25) is 5.02 Å². The summed E-state index contributed by atoms with van der Waals surface area (Å²) in [6, 6.07) is 8.68. The van der Waals surface area contributed by atoms with Crippen LogP contribution in [-0.4, -0.2) is 12.1 Å². The summed E-state index contributed by atoms with van der Waals surface area (Å²) in [5, 5.41) is 0.525. The summed E-state index contributed by atoms with van der Waals surface area (Å²) in [5.74, 6) is 0.669. The number of aromatic amines is 1. The summed E-state index contributed by atoms with van der Waals surface area (Å²) in [5.41, 5.74) is 1.03. The number of aromatic nitrogens is 1. The highest BCUT2D eigenvalue weighted by atomic mass is 35.5. The molecular weight excluding hydrogens is 226 g/mol. The van der Waals surface area contributed by atoms with Gasteiger partial charge in [0.1, 0.15) is 5.75 Å². The summed E-state index contributed by atoms with van der Waals surface area (Å²) in [6.07, 6.45) is 1.58. The zero-order chi connectivity index (χ0) is 11.5. The number of methoxy groups -OCH3 is 1. The highest BCUT2D eigenvalue weighted by Gasteiger charge is 2.08. The molecule has 0 saturated heterocycles. The van der Waals surface area contributed by atoms with Crippen molar-refractivity contribution in [1.82, 2.24) is 4.98 Å². The van der Waals surface area contributed by atoms with E-state index in [0.29, 0.717) is 21.9 Å². The molecule has 0 saturated carbocycles. The van der Waals surface area contributed by atoms with Crippen molar-refractivity contribution in [2.24, 2.45) is 0 Å². The lowest BCUT2D eigenvalue weighted by atomic mass is 10.1. The van der Waals surface area contributed by atoms with Crippen LogP contribution in [0.3, 0.4) is 0 Å². The minimum atomic E-state index is -0.169. The lowest BCUT2D eigenvalue weighted by Gasteiger charge is -2.06. The molecule has 2 aromatic rings. The first-order chi connectivity index (χ1) is 7.72. The predicted octanol–water partition coefficient (Wildman–Crippen LogP) is 2.70. The van der Waals surface area contributed by atoms with Gasteiger partial charge in [0.05, 0.1) is 7.11 Å². The monoisotopic (exact) mass is 235 g/mol. The van der Waals surface area contributed by atoms with Gasteiger partial charge in [-0.2, -0.15) is 0 Å². The number of rotatable bonds is 2. The summed E-state index contributed by atoms with van der Waals surface area (Å²) >= 11 is 6.05. The highest BCUT2D eigenvalue weighted by molar-refractivity contribution is 6.33. The van der Waals surface area contributed by atoms with E-state index in [9.17, 15) is 4.79 Å². The molecule has 82 valence electrons. The Kier molecular flexibility index (Phi) is 2.97. The molecule has 1 aromatic heterocycles. The van der Waals surface area contributed by atoms with E-state index in [2.05, 4.69) is 4.98 Å². The van der Waals surface area contributed by atoms with E-state index >= 15 is 0 Å². The van der Waals surface area contributed by atoms with Crippen molar-refractivity contribution in [3.8, 4) is 16.9 Å². The Morgan fingerprint density at radius 2 is 2.06 bits per heavy atom. The minimum absolute atomic E-state index is 0.169. The summed E-state index contributed by atoms with van der Waals surface area (Å²) in [4.78, 5) is 14.2. The molecule has 4 heteroatoms. The Morgan fingerprint density at radius 1 is 1.25 bits per heavy atom. The molecule has 0 spiro atoms. The maximum absolute atomic E-state index is 11.6. The average Bonchev–Trinajstić information content (AvgIpc) is 2.31. The molecule has 16 heavy (non-hydrogen) atoms. The first-order valence-corrected chi connectivity index (χ1v) is 5.12. The van der Waals surface area contributed by atoms with Gasteiger partial charge >= 0.3 is 0 Å². The van der Waals surface area contributed by atoms with Gasteiger partial charge in [-0.25, -0.2) is 0 Å². The minimum Gasteiger partial charge on any atom is -0.497 e. The summed E-state index contributed by atoms with van der Waals surface area (Å²) in [6.45, 7) is 0. The molecule has 0 amide bonds. The number of ether oxygens (including phenoxy) is 1. The van der Waals surface area contributed by atoms with Crippen LogP contribution < -0.4 is 10.3 Å². The van der Waals surface area contributed by atoms with Gasteiger partial charge in [0, 0.05) is 22.3 Å². The molecule has 3 nitrogen and oxygen atoms in total. The van der Waals surface area contributed by atoms with Crippen molar-refractivity contribution in [2.45, 2.75) is 0 Å². The molecule has 0 radical (unpaired) electrons. The van der Waals surface area contributed by atoms with Gasteiger partial charge in [-0.05, 0) is 30.3 Å². The molecule has 0 unspecified atom stereocenters. The largest absolute Gasteiger partial charge is 0.497 e. The van der Waals surface area contributed by atoms with Crippen LogP contribution in [-0.2, 0) is 0 Å². The molecule has 0 aliphatic heterocycles. The fraction of sp³-hybridized carbons (Fsp3) is 0.0833. The SMILES string of the molecule is COc1ccc(Cl)c(-c2ccc[nH]c2=O)c1. The van der Waals surface area contributed by atoms with Crippen molar-refractivity contribution < 1.29 is 4.74 Å². The maximum atomic E-state index is 11.6. The number of pyridine rings is 1. The molecular formula is C12H10ClNO2. The highest BCUT2D eigenvalue weighted by Crippen LogP contribution is 2.29. The first-order valence-electron chi connectivity index (χ1n) is 4.74. The summed E-state index contributed by atoms with van der Waals surface area (Å²) in [7, 11) is 1.57. The van der Waals surface area contributed by atoms with Crippen LogP contribution in [0.5, 0.6) is 5.75 Å². The van der Waals surface area contributed by atoms with Crippen molar-refractivity contribution in [2.75, 3.05) is 7.11 Å². The number of H-pyrrole nitrogens is 1. The van der Waals surface area contributed by atoms with Gasteiger partial charge in [-0.1, -0.05) is 11.6 Å². The first kappa shape index (κ1) is 10.8. The molecule has 0 fully saturated rings. The van der Waals surface area contributed by atoms with E-state index in [1.807, 2.05) is 0 Å². The molecule has 1 heterocycles. The van der Waals surface area contributed by atoms with E-state index in [1.54, 1.807) is 43.6 Å². The maximum Gasteiger partial charge on any atom is 0.255 e. The molecule has 1 N–H and O–H groups in total. The zero-order valence-electron chi connectivity index (χ0n) is 8.66. The lowest BCUT2D eigenvalue weighted by Crippen LogP contribution is -2.07. The van der Waals surface area contributed by atoms with Gasteiger partial charge < -0.3 is 9.72 Å². The van der Waals surface area contributed by atoms with Crippen LogP contribution in [0, 0.1) is 0 Å². The number of benzene rings is 1. The molecule has 0 aliphatic rings. The second-order valence-corrected chi connectivity index (χ2v) is 3.67. The second kappa shape index (κ2) is 4.41. The van der Waals surface area contributed by atoms with E-state index in [-0.39, 0.29) is 5.56 Å². The van der Waals surface area contributed by atoms with Crippen molar-refractivity contribution in [1.29, 1.82) is 0 Å². The van der Waals surface area contributed by atoms with Gasteiger partial charge in [0.2, 0.25) is 0 Å². The molecule has 0 atom stereocenters. The normalized spacial score (nSPS) is 10.1. The number of halogens is 1. The van der Waals surface area contributed by atoms with Crippen LogP contribution in [0.25, 0.3) is 11.1 Å². The van der Waals surface area contributed by atoms with Crippen molar-refractivity contribution in [3.05, 3.63) is 51.9 Å². The van der Waals surface area contributed by atoms with Crippen LogP contribution >= 0.6 is 11.6 Å². The standard InChI is InChI=1S/C12H10ClNO2/c1-16-8-4-5-11(13)10(7-8)9-3-2-6-14-12(9)15/h2-7H,1H3,(H,14,15). The Bertz CT molecular complexity index is 563. The summed E-state index contributed by atoms with van der Waals surface area (Å²) < 4.78 is 5.10. The topological polar surface area (TPSA) is 42.1 Å². The van der Waals surface area contributed by atoms with E-state index in [4.69, 9.17) is 16.3 Å². The molecule has 2 rings (SSSR count). The fourth-order valence-electron chi connectivity index (χ4n) is 1.47. The Morgan fingerprint density at radius 3 is 2.75 bits per heavy atom. The van der Waals surface area contributed by atoms with Crippen molar-refractivity contribution in [3.63, 3.8) is 0 Å². The smallest absolute Gasteiger partial charge is 0.255 e. The van der Waals surface area contributed by atoms with Crippen LogP contribution in [0.15, 0.2) is 41.3 Å². The number of nitrogens with one attached hydrogen (secondary N) is 1. The van der Waals surface area contributed by atoms with Gasteiger partial charge in [0.25, 0.3) is 5.56 Å². The molecule has 0 bridgehead atoms. The second-order valence-electron chi connectivity index (χ2n) is 3.26. The third-order valence-corrected chi connectivity index (χ3v) is 2.61.